The molecule has 0 aromatic heterocycles. The van der Waals surface area contributed by atoms with Crippen LogP contribution in [0.4, 0.5) is 0 Å². The van der Waals surface area contributed by atoms with E-state index in [0.717, 1.165) is 18.4 Å². The molecule has 2 fully saturated rings. The van der Waals surface area contributed by atoms with E-state index in [-0.39, 0.29) is 17.4 Å². The zero-order valence-corrected chi connectivity index (χ0v) is 15.9. The van der Waals surface area contributed by atoms with Gasteiger partial charge >= 0.3 is 0 Å². The van der Waals surface area contributed by atoms with Crippen molar-refractivity contribution in [3.63, 3.8) is 0 Å². The third-order valence-electron chi connectivity index (χ3n) is 5.20. The predicted octanol–water partition coefficient (Wildman–Crippen LogP) is 3.94. The molecule has 5 nitrogen and oxygen atoms in total. The molecule has 2 atom stereocenters. The minimum atomic E-state index is -0.681. The highest BCUT2D eigenvalue weighted by molar-refractivity contribution is 6.46. The summed E-state index contributed by atoms with van der Waals surface area (Å²) in [5, 5.41) is 11.4. The molecule has 0 aliphatic carbocycles. The Labute approximate surface area is 168 Å². The zero-order chi connectivity index (χ0) is 19.7. The minimum absolute atomic E-state index is 0.0940. The van der Waals surface area contributed by atoms with Crippen molar-refractivity contribution >= 4 is 29.1 Å². The summed E-state index contributed by atoms with van der Waals surface area (Å²) in [5.41, 5.74) is 1.31. The third-order valence-corrected chi connectivity index (χ3v) is 5.45. The van der Waals surface area contributed by atoms with Gasteiger partial charge < -0.3 is 14.7 Å². The lowest BCUT2D eigenvalue weighted by Gasteiger charge is -2.27. The van der Waals surface area contributed by atoms with E-state index >= 15 is 0 Å². The van der Waals surface area contributed by atoms with Crippen LogP contribution >= 0.6 is 11.6 Å². The topological polar surface area (TPSA) is 66.8 Å². The molecule has 2 aromatic rings. The Morgan fingerprint density at radius 1 is 1.11 bits per heavy atom. The van der Waals surface area contributed by atoms with Crippen LogP contribution in [0.15, 0.2) is 60.2 Å². The van der Waals surface area contributed by atoms with E-state index < -0.39 is 17.7 Å². The number of carbonyl (C=O) groups is 2. The van der Waals surface area contributed by atoms with Crippen molar-refractivity contribution in [1.82, 2.24) is 4.90 Å². The van der Waals surface area contributed by atoms with Crippen molar-refractivity contribution in [3.05, 3.63) is 76.3 Å². The third kappa shape index (κ3) is 3.43. The largest absolute Gasteiger partial charge is 0.507 e. The quantitative estimate of drug-likeness (QED) is 0.482. The van der Waals surface area contributed by atoms with Gasteiger partial charge in [-0.2, -0.15) is 0 Å². The van der Waals surface area contributed by atoms with Crippen LogP contribution in [-0.2, 0) is 14.3 Å². The van der Waals surface area contributed by atoms with Crippen LogP contribution in [0.25, 0.3) is 5.76 Å². The van der Waals surface area contributed by atoms with E-state index in [1.54, 1.807) is 24.3 Å². The summed E-state index contributed by atoms with van der Waals surface area (Å²) in [6.45, 7) is 0.983. The smallest absolute Gasteiger partial charge is 0.295 e. The van der Waals surface area contributed by atoms with Gasteiger partial charge in [-0.3, -0.25) is 9.59 Å². The molecular formula is C22H20ClNO4. The fourth-order valence-electron chi connectivity index (χ4n) is 3.82. The second-order valence-corrected chi connectivity index (χ2v) is 7.44. The maximum atomic E-state index is 12.9. The molecule has 0 radical (unpaired) electrons. The SMILES string of the molecule is O=C1C(=O)N(C[C@@H]2CCCO2)[C@H](c2ccccc2)C1=C(O)c1ccc(Cl)cc1. The van der Waals surface area contributed by atoms with Crippen molar-refractivity contribution in [2.24, 2.45) is 0 Å². The average Bonchev–Trinajstić information content (AvgIpc) is 3.31. The van der Waals surface area contributed by atoms with E-state index in [1.165, 1.54) is 4.90 Å². The van der Waals surface area contributed by atoms with Crippen molar-refractivity contribution in [3.8, 4) is 0 Å². The first kappa shape index (κ1) is 18.7. The van der Waals surface area contributed by atoms with Crippen molar-refractivity contribution in [2.45, 2.75) is 25.0 Å². The van der Waals surface area contributed by atoms with Gasteiger partial charge in [0.25, 0.3) is 11.7 Å². The van der Waals surface area contributed by atoms with Crippen molar-refractivity contribution in [1.29, 1.82) is 0 Å². The molecule has 0 spiro atoms. The number of ether oxygens (including phenoxy) is 1. The lowest BCUT2D eigenvalue weighted by atomic mass is 9.95. The number of ketones is 1. The molecule has 0 saturated carbocycles. The van der Waals surface area contributed by atoms with Gasteiger partial charge in [-0.1, -0.05) is 41.9 Å². The number of benzene rings is 2. The van der Waals surface area contributed by atoms with Crippen LogP contribution in [0.3, 0.4) is 0 Å². The van der Waals surface area contributed by atoms with Crippen LogP contribution < -0.4 is 0 Å². The summed E-state index contributed by atoms with van der Waals surface area (Å²) in [5.74, 6) is -1.49. The summed E-state index contributed by atoms with van der Waals surface area (Å²) in [6, 6.07) is 15.2. The van der Waals surface area contributed by atoms with Crippen molar-refractivity contribution < 1.29 is 19.4 Å². The summed E-state index contributed by atoms with van der Waals surface area (Å²) < 4.78 is 5.68. The molecule has 0 bridgehead atoms. The Morgan fingerprint density at radius 3 is 2.46 bits per heavy atom. The number of carbonyl (C=O) groups excluding carboxylic acids is 2. The molecule has 28 heavy (non-hydrogen) atoms. The number of halogens is 1. The van der Waals surface area contributed by atoms with Crippen LogP contribution in [0.5, 0.6) is 0 Å². The van der Waals surface area contributed by atoms with Gasteiger partial charge in [0, 0.05) is 23.7 Å². The first-order valence-corrected chi connectivity index (χ1v) is 9.65. The van der Waals surface area contributed by atoms with Gasteiger partial charge in [0.15, 0.2) is 0 Å². The highest BCUT2D eigenvalue weighted by Crippen LogP contribution is 2.40. The summed E-state index contributed by atoms with van der Waals surface area (Å²) >= 11 is 5.93. The molecule has 1 N–H and O–H groups in total. The monoisotopic (exact) mass is 397 g/mol. The van der Waals surface area contributed by atoms with E-state index in [4.69, 9.17) is 16.3 Å². The first-order valence-electron chi connectivity index (χ1n) is 9.27. The van der Waals surface area contributed by atoms with Crippen LogP contribution in [0.2, 0.25) is 5.02 Å². The predicted molar refractivity (Wildman–Crippen MR) is 106 cm³/mol. The Bertz CT molecular complexity index is 917. The molecule has 6 heteroatoms. The number of hydrogen-bond acceptors (Lipinski definition) is 4. The van der Waals surface area contributed by atoms with Gasteiger partial charge in [0.2, 0.25) is 0 Å². The van der Waals surface area contributed by atoms with Crippen LogP contribution in [0.1, 0.15) is 30.0 Å². The Kier molecular flexibility index (Phi) is 5.20. The van der Waals surface area contributed by atoms with E-state index in [9.17, 15) is 14.7 Å². The minimum Gasteiger partial charge on any atom is -0.507 e. The summed E-state index contributed by atoms with van der Waals surface area (Å²) in [6.07, 6.45) is 1.69. The van der Waals surface area contributed by atoms with Crippen molar-refractivity contribution in [2.75, 3.05) is 13.2 Å². The van der Waals surface area contributed by atoms with Gasteiger partial charge in [0.05, 0.1) is 17.7 Å². The van der Waals surface area contributed by atoms with Gasteiger partial charge in [0.1, 0.15) is 5.76 Å². The molecular weight excluding hydrogens is 378 g/mol. The van der Waals surface area contributed by atoms with E-state index in [2.05, 4.69) is 0 Å². The molecule has 2 heterocycles. The molecule has 2 aliphatic heterocycles. The fourth-order valence-corrected chi connectivity index (χ4v) is 3.95. The molecule has 2 saturated heterocycles. The number of Topliss-reactive ketones (excluding diaryl/α,β-unsaturated/α-hetero) is 1. The number of aliphatic hydroxyl groups excluding tert-OH is 1. The highest BCUT2D eigenvalue weighted by Gasteiger charge is 2.46. The van der Waals surface area contributed by atoms with Gasteiger partial charge in [-0.15, -0.1) is 0 Å². The second-order valence-electron chi connectivity index (χ2n) is 7.00. The Hall–Kier alpha value is -2.63. The zero-order valence-electron chi connectivity index (χ0n) is 15.2. The fraction of sp³-hybridized carbons (Fsp3) is 0.273. The van der Waals surface area contributed by atoms with Gasteiger partial charge in [-0.25, -0.2) is 0 Å². The Morgan fingerprint density at radius 2 is 1.82 bits per heavy atom. The van der Waals surface area contributed by atoms with E-state index in [0.29, 0.717) is 23.7 Å². The maximum absolute atomic E-state index is 12.9. The highest BCUT2D eigenvalue weighted by atomic mass is 35.5. The standard InChI is InChI=1S/C22H20ClNO4/c23-16-10-8-15(9-11-16)20(25)18-19(14-5-2-1-3-6-14)24(22(27)21(18)26)13-17-7-4-12-28-17/h1-3,5-6,8-11,17,19,25H,4,7,12-13H2/t17-,19+/m0/s1. The van der Waals surface area contributed by atoms with Gasteiger partial charge in [-0.05, 0) is 42.7 Å². The maximum Gasteiger partial charge on any atom is 0.295 e. The number of hydrogen-bond donors (Lipinski definition) is 1. The second kappa shape index (κ2) is 7.78. The Balaban J connectivity index is 1.80. The number of aliphatic hydroxyl groups is 1. The van der Waals surface area contributed by atoms with Crippen LogP contribution in [0, 0.1) is 0 Å². The average molecular weight is 398 g/mol. The normalized spacial score (nSPS) is 24.1. The molecule has 1 amide bonds. The molecule has 0 unspecified atom stereocenters. The lowest BCUT2D eigenvalue weighted by Crippen LogP contribution is -2.36. The number of amides is 1. The summed E-state index contributed by atoms with van der Waals surface area (Å²) in [4.78, 5) is 27.2. The van der Waals surface area contributed by atoms with Crippen LogP contribution in [-0.4, -0.2) is 41.0 Å². The molecule has 144 valence electrons. The molecule has 4 rings (SSSR count). The summed E-state index contributed by atoms with van der Waals surface area (Å²) in [7, 11) is 0. The molecule has 2 aromatic carbocycles. The van der Waals surface area contributed by atoms with E-state index in [1.807, 2.05) is 30.3 Å². The first-order chi connectivity index (χ1) is 13.6. The lowest BCUT2D eigenvalue weighted by molar-refractivity contribution is -0.140. The number of likely N-dealkylation sites (tertiary alicyclic amines) is 1. The number of nitrogens with zero attached hydrogens (tertiary/aromatic N) is 1. The molecule has 2 aliphatic rings. The number of rotatable bonds is 4.